The molecule has 1 aromatic carbocycles. The van der Waals surface area contributed by atoms with E-state index in [-0.39, 0.29) is 37.5 Å². The number of aromatic hydroxyl groups is 1. The topological polar surface area (TPSA) is 199 Å². The van der Waals surface area contributed by atoms with Crippen LogP contribution in [0.25, 0.3) is 0 Å². The Bertz CT molecular complexity index is 983. The summed E-state index contributed by atoms with van der Waals surface area (Å²) in [6.07, 6.45) is 0.728. The van der Waals surface area contributed by atoms with Crippen LogP contribution in [0.4, 0.5) is 0 Å². The molecule has 37 heavy (non-hydrogen) atoms. The highest BCUT2D eigenvalue weighted by atomic mass is 16.4. The minimum atomic E-state index is -1.28. The van der Waals surface area contributed by atoms with E-state index in [9.17, 15) is 34.2 Å². The van der Waals surface area contributed by atoms with E-state index in [2.05, 4.69) is 10.6 Å². The third kappa shape index (κ3) is 8.45. The molecule has 0 aromatic heterocycles. The van der Waals surface area contributed by atoms with Crippen molar-refractivity contribution in [2.24, 2.45) is 11.7 Å². The molecule has 204 valence electrons. The predicted molar refractivity (Wildman–Crippen MR) is 132 cm³/mol. The Hall–Kier alpha value is -3.67. The molecule has 5 atom stereocenters. The van der Waals surface area contributed by atoms with Crippen molar-refractivity contribution in [2.45, 2.75) is 76.5 Å². The van der Waals surface area contributed by atoms with Gasteiger partial charge >= 0.3 is 11.9 Å². The van der Waals surface area contributed by atoms with Crippen molar-refractivity contribution < 1.29 is 39.3 Å². The van der Waals surface area contributed by atoms with Gasteiger partial charge in [-0.1, -0.05) is 32.4 Å². The fourth-order valence-electron chi connectivity index (χ4n) is 4.14. The Labute approximate surface area is 215 Å². The lowest BCUT2D eigenvalue weighted by Crippen LogP contribution is -2.58. The Morgan fingerprint density at radius 3 is 2.24 bits per heavy atom. The van der Waals surface area contributed by atoms with Crippen LogP contribution >= 0.6 is 0 Å². The number of carboxylic acid groups (broad SMARTS) is 2. The van der Waals surface area contributed by atoms with Crippen LogP contribution < -0.4 is 16.4 Å². The standard InChI is InChI=1S/C25H36N4O8/c1-3-14(2)21(26)23(34)27-17(10-11-20(31)32)22(33)28-18(13-15-6-8-16(30)9-7-15)24(35)29-12-4-5-19(29)25(36)37/h6-9,14,17-19,21,30H,3-5,10-13,26H2,1-2H3,(H,27,34)(H,28,33)(H,31,32)(H,36,37). The molecule has 0 saturated carbocycles. The molecule has 1 fully saturated rings. The average Bonchev–Trinajstić information content (AvgIpc) is 3.36. The Morgan fingerprint density at radius 2 is 1.68 bits per heavy atom. The van der Waals surface area contributed by atoms with E-state index in [0.29, 0.717) is 18.4 Å². The molecule has 0 spiro atoms. The maximum Gasteiger partial charge on any atom is 0.326 e. The van der Waals surface area contributed by atoms with E-state index >= 15 is 0 Å². The van der Waals surface area contributed by atoms with E-state index < -0.39 is 60.2 Å². The minimum absolute atomic E-state index is 0.00948. The third-order valence-electron chi connectivity index (χ3n) is 6.65. The zero-order valence-corrected chi connectivity index (χ0v) is 21.1. The van der Waals surface area contributed by atoms with E-state index in [1.165, 1.54) is 17.0 Å². The number of phenolic OH excluding ortho intramolecular Hbond substituents is 1. The number of nitrogens with one attached hydrogen (secondary N) is 2. The van der Waals surface area contributed by atoms with Gasteiger partial charge in [-0.25, -0.2) is 4.79 Å². The van der Waals surface area contributed by atoms with Crippen LogP contribution in [0.5, 0.6) is 5.75 Å². The Balaban J connectivity index is 2.29. The number of phenols is 1. The van der Waals surface area contributed by atoms with Gasteiger partial charge in [-0.2, -0.15) is 0 Å². The number of hydrogen-bond donors (Lipinski definition) is 6. The fraction of sp³-hybridized carbons (Fsp3) is 0.560. The van der Waals surface area contributed by atoms with Gasteiger partial charge in [0.25, 0.3) is 0 Å². The maximum absolute atomic E-state index is 13.4. The van der Waals surface area contributed by atoms with Crippen LogP contribution in [0, 0.1) is 5.92 Å². The zero-order valence-electron chi connectivity index (χ0n) is 21.1. The molecule has 3 amide bonds. The Kier molecular flexibility index (Phi) is 10.9. The lowest BCUT2D eigenvalue weighted by atomic mass is 9.98. The molecular weight excluding hydrogens is 484 g/mol. The van der Waals surface area contributed by atoms with Gasteiger partial charge in [-0.15, -0.1) is 0 Å². The van der Waals surface area contributed by atoms with Crippen LogP contribution in [0.1, 0.15) is 51.5 Å². The lowest BCUT2D eigenvalue weighted by Gasteiger charge is -2.29. The number of nitrogens with two attached hydrogens (primary N) is 1. The molecule has 12 heteroatoms. The highest BCUT2D eigenvalue weighted by Crippen LogP contribution is 2.20. The number of carbonyl (C=O) groups excluding carboxylic acids is 3. The van der Waals surface area contributed by atoms with Gasteiger partial charge in [0.15, 0.2) is 0 Å². The predicted octanol–water partition coefficient (Wildman–Crippen LogP) is 0.218. The number of likely N-dealkylation sites (tertiary alicyclic amines) is 1. The molecule has 0 bridgehead atoms. The first-order chi connectivity index (χ1) is 17.4. The largest absolute Gasteiger partial charge is 0.508 e. The molecule has 2 rings (SSSR count). The van der Waals surface area contributed by atoms with Gasteiger partial charge in [0, 0.05) is 19.4 Å². The van der Waals surface area contributed by atoms with Crippen molar-refractivity contribution in [3.8, 4) is 5.75 Å². The third-order valence-corrected chi connectivity index (χ3v) is 6.65. The van der Waals surface area contributed by atoms with Crippen LogP contribution in [0.3, 0.4) is 0 Å². The fourth-order valence-corrected chi connectivity index (χ4v) is 4.14. The molecule has 5 unspecified atom stereocenters. The molecule has 0 aliphatic carbocycles. The van der Waals surface area contributed by atoms with Crippen LogP contribution in [-0.4, -0.2) is 80.6 Å². The van der Waals surface area contributed by atoms with Crippen LogP contribution in [0.2, 0.25) is 0 Å². The lowest BCUT2D eigenvalue weighted by molar-refractivity contribution is -0.149. The number of hydrogen-bond acceptors (Lipinski definition) is 7. The average molecular weight is 521 g/mol. The number of amides is 3. The first-order valence-corrected chi connectivity index (χ1v) is 12.3. The second-order valence-corrected chi connectivity index (χ2v) is 9.36. The number of nitrogens with zero attached hydrogens (tertiary/aromatic N) is 1. The quantitative estimate of drug-likeness (QED) is 0.210. The maximum atomic E-state index is 13.4. The summed E-state index contributed by atoms with van der Waals surface area (Å²) in [5.41, 5.74) is 6.56. The first kappa shape index (κ1) is 29.6. The Morgan fingerprint density at radius 1 is 1.05 bits per heavy atom. The second kappa shape index (κ2) is 13.6. The van der Waals surface area contributed by atoms with Gasteiger partial charge < -0.3 is 36.6 Å². The summed E-state index contributed by atoms with van der Waals surface area (Å²) in [5.74, 6) is -4.50. The SMILES string of the molecule is CCC(C)C(N)C(=O)NC(CCC(=O)O)C(=O)NC(Cc1ccc(O)cc1)C(=O)N1CCCC1C(=O)O. The molecule has 0 radical (unpaired) electrons. The van der Waals surface area contributed by atoms with Crippen LogP contribution in [-0.2, 0) is 30.4 Å². The van der Waals surface area contributed by atoms with Crippen molar-refractivity contribution >= 4 is 29.7 Å². The highest BCUT2D eigenvalue weighted by molar-refractivity contribution is 5.94. The van der Waals surface area contributed by atoms with Gasteiger partial charge in [-0.05, 0) is 42.9 Å². The summed E-state index contributed by atoms with van der Waals surface area (Å²) in [5, 5.41) is 33.3. The molecule has 7 N–H and O–H groups in total. The summed E-state index contributed by atoms with van der Waals surface area (Å²) < 4.78 is 0. The van der Waals surface area contributed by atoms with E-state index in [4.69, 9.17) is 10.8 Å². The van der Waals surface area contributed by atoms with Gasteiger partial charge in [0.05, 0.1) is 6.04 Å². The molecular formula is C25H36N4O8. The van der Waals surface area contributed by atoms with Gasteiger partial charge in [0.1, 0.15) is 23.9 Å². The summed E-state index contributed by atoms with van der Waals surface area (Å²) in [4.78, 5) is 63.3. The molecule has 1 aliphatic heterocycles. The summed E-state index contributed by atoms with van der Waals surface area (Å²) in [7, 11) is 0. The smallest absolute Gasteiger partial charge is 0.326 e. The van der Waals surface area contributed by atoms with Crippen LogP contribution in [0.15, 0.2) is 24.3 Å². The van der Waals surface area contributed by atoms with Gasteiger partial charge in [0.2, 0.25) is 17.7 Å². The number of carbonyl (C=O) groups is 5. The summed E-state index contributed by atoms with van der Waals surface area (Å²) >= 11 is 0. The van der Waals surface area contributed by atoms with Crippen molar-refractivity contribution in [1.29, 1.82) is 0 Å². The van der Waals surface area contributed by atoms with Gasteiger partial charge in [-0.3, -0.25) is 19.2 Å². The monoisotopic (exact) mass is 520 g/mol. The van der Waals surface area contributed by atoms with Crippen molar-refractivity contribution in [2.75, 3.05) is 6.54 Å². The van der Waals surface area contributed by atoms with E-state index in [1.54, 1.807) is 19.1 Å². The highest BCUT2D eigenvalue weighted by Gasteiger charge is 2.38. The first-order valence-electron chi connectivity index (χ1n) is 12.3. The van der Waals surface area contributed by atoms with Crippen molar-refractivity contribution in [1.82, 2.24) is 15.5 Å². The molecule has 1 heterocycles. The molecule has 1 aliphatic rings. The normalized spacial score (nSPS) is 18.4. The number of aliphatic carboxylic acids is 2. The molecule has 12 nitrogen and oxygen atoms in total. The number of carboxylic acids is 2. The van der Waals surface area contributed by atoms with E-state index in [0.717, 1.165) is 0 Å². The van der Waals surface area contributed by atoms with Crippen molar-refractivity contribution in [3.63, 3.8) is 0 Å². The summed E-state index contributed by atoms with van der Waals surface area (Å²) in [6, 6.07) is 1.56. The number of rotatable bonds is 13. The molecule has 1 saturated heterocycles. The summed E-state index contributed by atoms with van der Waals surface area (Å²) in [6.45, 7) is 3.84. The minimum Gasteiger partial charge on any atom is -0.508 e. The van der Waals surface area contributed by atoms with E-state index in [1.807, 2.05) is 6.92 Å². The molecule has 1 aromatic rings. The second-order valence-electron chi connectivity index (χ2n) is 9.36. The zero-order chi connectivity index (χ0) is 27.7. The van der Waals surface area contributed by atoms with Crippen molar-refractivity contribution in [3.05, 3.63) is 29.8 Å². The number of benzene rings is 1.